The van der Waals surface area contributed by atoms with E-state index in [1.807, 2.05) is 0 Å². The maximum Gasteiger partial charge on any atom is 0.276 e. The molecule has 1 heterocycles. The SMILES string of the molecule is CC(C)c1ccc2c(c1)CCC1[C@](C)(c3nnc(SCC(O)CCl)o3)CCC[C@]21C. The summed E-state index contributed by atoms with van der Waals surface area (Å²) < 4.78 is 6.14. The van der Waals surface area contributed by atoms with Crippen LogP contribution in [-0.2, 0) is 17.3 Å². The van der Waals surface area contributed by atoms with Crippen LogP contribution in [0.15, 0.2) is 27.8 Å². The highest BCUT2D eigenvalue weighted by Gasteiger charge is 2.54. The standard InChI is InChI=1S/C24H33ClN2O2S/c1-15(2)16-6-8-19-17(12-16)7-9-20-23(19,3)10-5-11-24(20,4)21-26-27-22(29-21)30-14-18(28)13-25/h6,8,12,15,18,20,28H,5,7,9-11,13-14H2,1-4H3/t18?,20?,23-,24-/m1/s1. The van der Waals surface area contributed by atoms with E-state index in [9.17, 15) is 5.11 Å². The molecule has 164 valence electrons. The smallest absolute Gasteiger partial charge is 0.276 e. The van der Waals surface area contributed by atoms with Crippen molar-refractivity contribution in [3.05, 3.63) is 40.8 Å². The normalized spacial score (nSPS) is 29.5. The van der Waals surface area contributed by atoms with Crippen LogP contribution in [0.5, 0.6) is 0 Å². The third-order valence-corrected chi connectivity index (χ3v) is 8.84. The van der Waals surface area contributed by atoms with Crippen LogP contribution in [0.4, 0.5) is 0 Å². The van der Waals surface area contributed by atoms with Gasteiger partial charge in [0.2, 0.25) is 5.89 Å². The van der Waals surface area contributed by atoms with Gasteiger partial charge in [-0.25, -0.2) is 0 Å². The van der Waals surface area contributed by atoms with Gasteiger partial charge in [0, 0.05) is 17.0 Å². The summed E-state index contributed by atoms with van der Waals surface area (Å²) in [6.07, 6.45) is 5.14. The lowest BCUT2D eigenvalue weighted by Crippen LogP contribution is -2.51. The van der Waals surface area contributed by atoms with Crippen molar-refractivity contribution in [2.45, 2.75) is 87.9 Å². The first-order valence-corrected chi connectivity index (χ1v) is 12.6. The predicted octanol–water partition coefficient (Wildman–Crippen LogP) is 5.85. The van der Waals surface area contributed by atoms with Gasteiger partial charge in [0.1, 0.15) is 0 Å². The highest BCUT2D eigenvalue weighted by molar-refractivity contribution is 7.99. The van der Waals surface area contributed by atoms with Gasteiger partial charge >= 0.3 is 0 Å². The van der Waals surface area contributed by atoms with E-state index in [0.717, 1.165) is 31.6 Å². The fourth-order valence-corrected chi connectivity index (χ4v) is 6.77. The Morgan fingerprint density at radius 1 is 1.23 bits per heavy atom. The number of hydrogen-bond donors (Lipinski definition) is 1. The highest BCUT2D eigenvalue weighted by atomic mass is 35.5. The Balaban J connectivity index is 1.63. The molecule has 0 bridgehead atoms. The number of rotatable bonds is 6. The molecule has 1 N–H and O–H groups in total. The van der Waals surface area contributed by atoms with Crippen LogP contribution < -0.4 is 0 Å². The number of fused-ring (bicyclic) bond motifs is 3. The van der Waals surface area contributed by atoms with Crippen LogP contribution in [0.1, 0.15) is 81.9 Å². The van der Waals surface area contributed by atoms with Crippen molar-refractivity contribution >= 4 is 23.4 Å². The van der Waals surface area contributed by atoms with Crippen molar-refractivity contribution in [3.8, 4) is 0 Å². The van der Waals surface area contributed by atoms with Crippen LogP contribution in [0.3, 0.4) is 0 Å². The average molecular weight is 449 g/mol. The van der Waals surface area contributed by atoms with Gasteiger partial charge in [-0.15, -0.1) is 21.8 Å². The van der Waals surface area contributed by atoms with Crippen molar-refractivity contribution in [2.24, 2.45) is 5.92 Å². The number of nitrogens with zero attached hydrogens (tertiary/aromatic N) is 2. The fourth-order valence-electron chi connectivity index (χ4n) is 5.84. The molecule has 4 rings (SSSR count). The van der Waals surface area contributed by atoms with Crippen molar-refractivity contribution in [1.29, 1.82) is 0 Å². The van der Waals surface area contributed by atoms with Crippen molar-refractivity contribution in [3.63, 3.8) is 0 Å². The first-order valence-electron chi connectivity index (χ1n) is 11.1. The number of halogens is 1. The van der Waals surface area contributed by atoms with E-state index in [1.54, 1.807) is 0 Å². The maximum absolute atomic E-state index is 9.72. The molecule has 2 aromatic rings. The van der Waals surface area contributed by atoms with Gasteiger partial charge in [0.05, 0.1) is 6.10 Å². The quantitative estimate of drug-likeness (QED) is 0.443. The lowest BCUT2D eigenvalue weighted by Gasteiger charge is -2.54. The number of hydrogen-bond acceptors (Lipinski definition) is 5. The Labute approximate surface area is 189 Å². The minimum absolute atomic E-state index is 0.127. The molecule has 1 aromatic carbocycles. The first-order chi connectivity index (χ1) is 14.3. The van der Waals surface area contributed by atoms with E-state index in [1.165, 1.54) is 34.9 Å². The molecular weight excluding hydrogens is 416 g/mol. The van der Waals surface area contributed by atoms with Gasteiger partial charge in [0.25, 0.3) is 5.22 Å². The number of thioether (sulfide) groups is 1. The number of aryl methyl sites for hydroxylation is 1. The molecule has 0 saturated heterocycles. The fraction of sp³-hybridized carbons (Fsp3) is 0.667. The monoisotopic (exact) mass is 448 g/mol. The minimum Gasteiger partial charge on any atom is -0.415 e. The molecule has 2 aliphatic carbocycles. The van der Waals surface area contributed by atoms with E-state index < -0.39 is 6.10 Å². The summed E-state index contributed by atoms with van der Waals surface area (Å²) in [6, 6.07) is 7.16. The van der Waals surface area contributed by atoms with Gasteiger partial charge < -0.3 is 9.52 Å². The first kappa shape index (κ1) is 22.2. The van der Waals surface area contributed by atoms with E-state index in [4.69, 9.17) is 16.0 Å². The molecule has 0 spiro atoms. The summed E-state index contributed by atoms with van der Waals surface area (Å²) in [6.45, 7) is 9.30. The van der Waals surface area contributed by atoms with Crippen LogP contribution in [0, 0.1) is 5.92 Å². The lowest BCUT2D eigenvalue weighted by molar-refractivity contribution is 0.0633. The van der Waals surface area contributed by atoms with E-state index in [0.29, 0.717) is 22.8 Å². The van der Waals surface area contributed by atoms with Crippen molar-refractivity contribution in [2.75, 3.05) is 11.6 Å². The number of alkyl halides is 1. The molecule has 2 aliphatic rings. The molecule has 2 unspecified atom stereocenters. The van der Waals surface area contributed by atoms with Crippen LogP contribution in [0.2, 0.25) is 0 Å². The summed E-state index contributed by atoms with van der Waals surface area (Å²) in [5.41, 5.74) is 4.49. The number of aliphatic hydroxyl groups is 1. The molecule has 0 aliphatic heterocycles. The summed E-state index contributed by atoms with van der Waals surface area (Å²) >= 11 is 7.08. The summed E-state index contributed by atoms with van der Waals surface area (Å²) in [5.74, 6) is 2.47. The lowest BCUT2D eigenvalue weighted by atomic mass is 9.49. The van der Waals surface area contributed by atoms with E-state index in [-0.39, 0.29) is 16.7 Å². The predicted molar refractivity (Wildman–Crippen MR) is 123 cm³/mol. The summed E-state index contributed by atoms with van der Waals surface area (Å²) in [4.78, 5) is 0. The third kappa shape index (κ3) is 3.82. The minimum atomic E-state index is -0.564. The van der Waals surface area contributed by atoms with Gasteiger partial charge in [-0.2, -0.15) is 0 Å². The zero-order valence-electron chi connectivity index (χ0n) is 18.4. The second-order valence-corrected chi connectivity index (χ2v) is 11.1. The molecule has 4 atom stereocenters. The molecular formula is C24H33ClN2O2S. The van der Waals surface area contributed by atoms with Crippen molar-refractivity contribution < 1.29 is 9.52 Å². The largest absolute Gasteiger partial charge is 0.415 e. The molecule has 1 fully saturated rings. The topological polar surface area (TPSA) is 59.2 Å². The summed E-state index contributed by atoms with van der Waals surface area (Å²) in [5, 5.41) is 19.0. The molecule has 0 amide bonds. The number of aliphatic hydroxyl groups excluding tert-OH is 1. The highest BCUT2D eigenvalue weighted by Crippen LogP contribution is 2.58. The van der Waals surface area contributed by atoms with Gasteiger partial charge in [-0.3, -0.25) is 0 Å². The Bertz CT molecular complexity index is 901. The van der Waals surface area contributed by atoms with Gasteiger partial charge in [-0.05, 0) is 59.6 Å². The van der Waals surface area contributed by atoms with Crippen LogP contribution in [0.25, 0.3) is 0 Å². The molecule has 6 heteroatoms. The Morgan fingerprint density at radius 3 is 2.73 bits per heavy atom. The van der Waals surface area contributed by atoms with E-state index >= 15 is 0 Å². The molecule has 4 nitrogen and oxygen atoms in total. The van der Waals surface area contributed by atoms with Gasteiger partial charge in [-0.1, -0.05) is 64.1 Å². The Hall–Kier alpha value is -1.04. The second-order valence-electron chi connectivity index (χ2n) is 9.84. The zero-order chi connectivity index (χ0) is 21.5. The number of aromatic nitrogens is 2. The van der Waals surface area contributed by atoms with E-state index in [2.05, 4.69) is 56.1 Å². The zero-order valence-corrected chi connectivity index (χ0v) is 20.0. The average Bonchev–Trinajstić information content (AvgIpc) is 3.21. The van der Waals surface area contributed by atoms with Gasteiger partial charge in [0.15, 0.2) is 0 Å². The molecule has 30 heavy (non-hydrogen) atoms. The Morgan fingerprint density at radius 2 is 2.00 bits per heavy atom. The molecule has 0 radical (unpaired) electrons. The molecule has 1 aromatic heterocycles. The Kier molecular flexibility index (Phi) is 6.26. The second kappa shape index (κ2) is 8.48. The van der Waals surface area contributed by atoms with Crippen LogP contribution >= 0.6 is 23.4 Å². The van der Waals surface area contributed by atoms with Crippen molar-refractivity contribution in [1.82, 2.24) is 10.2 Å². The molecule has 1 saturated carbocycles. The third-order valence-electron chi connectivity index (χ3n) is 7.52. The summed E-state index contributed by atoms with van der Waals surface area (Å²) in [7, 11) is 0. The maximum atomic E-state index is 9.72. The number of benzene rings is 1. The van der Waals surface area contributed by atoms with Crippen LogP contribution in [-0.4, -0.2) is 33.0 Å².